The lowest BCUT2D eigenvalue weighted by Crippen LogP contribution is -2.27. The van der Waals surface area contributed by atoms with Crippen molar-refractivity contribution in [2.45, 2.75) is 17.9 Å². The molecule has 0 amide bonds. The number of nitriles is 8. The number of nitrogens with one attached hydrogen (secondary N) is 3. The highest BCUT2D eigenvalue weighted by Crippen LogP contribution is 2.31. The minimum atomic E-state index is -1.33. The van der Waals surface area contributed by atoms with Gasteiger partial charge < -0.3 is 24.6 Å². The molecule has 0 radical (unpaired) electrons. The van der Waals surface area contributed by atoms with E-state index in [2.05, 4.69) is 181 Å². The summed E-state index contributed by atoms with van der Waals surface area (Å²) >= 11 is 0. The van der Waals surface area contributed by atoms with Gasteiger partial charge in [-0.15, -0.1) is 23.1 Å². The highest BCUT2D eigenvalue weighted by Gasteiger charge is 2.35. The van der Waals surface area contributed by atoms with Crippen LogP contribution >= 0.6 is 0 Å². The molecule has 438 valence electrons. The average Bonchev–Trinajstić information content (AvgIpc) is 1.53. The summed E-state index contributed by atoms with van der Waals surface area (Å²) in [6.45, 7) is 30.3. The lowest BCUT2D eigenvalue weighted by Gasteiger charge is -2.12. The molecular weight excluding hydrogens is 1240 g/mol. The number of fused-ring (bicyclic) bond motifs is 6. The summed E-state index contributed by atoms with van der Waals surface area (Å²) in [7, 11) is 0. The van der Waals surface area contributed by atoms with Crippen LogP contribution in [0.15, 0.2) is 84.6 Å². The lowest BCUT2D eigenvalue weighted by atomic mass is 10.1. The van der Waals surface area contributed by atoms with Crippen molar-refractivity contribution < 1.29 is 0 Å². The van der Waals surface area contributed by atoms with Crippen LogP contribution in [0, 0.1) is 117 Å². The average molecular weight is 1250 g/mol. The minimum Gasteiger partial charge on any atom is -0.394 e. The van der Waals surface area contributed by atoms with Gasteiger partial charge in [0.25, 0.3) is 5.70 Å². The number of allylic oxidation sites excluding steroid dienone is 2. The molecule has 3 unspecified atom stereocenters. The quantitative estimate of drug-likeness (QED) is 0.113. The Morgan fingerprint density at radius 3 is 1.26 bits per heavy atom. The van der Waals surface area contributed by atoms with Crippen LogP contribution in [0.25, 0.3) is 69.7 Å². The Kier molecular flexibility index (Phi) is 14.4. The molecular formula is C54H12N42. The summed E-state index contributed by atoms with van der Waals surface area (Å²) in [5.41, 5.74) is 0.424. The first-order chi connectivity index (χ1) is 46.9. The fourth-order valence-electron chi connectivity index (χ4n) is 8.65. The molecule has 0 spiro atoms. The van der Waals surface area contributed by atoms with Crippen LogP contribution in [0.5, 0.6) is 0 Å². The largest absolute Gasteiger partial charge is 0.394 e. The van der Waals surface area contributed by atoms with Gasteiger partial charge in [0.05, 0.1) is 43.5 Å². The molecule has 0 saturated heterocycles. The van der Waals surface area contributed by atoms with Crippen molar-refractivity contribution >= 4 is 62.2 Å². The van der Waals surface area contributed by atoms with Gasteiger partial charge in [-0.25, -0.2) is 96.2 Å². The fraction of sp³-hybridized carbons (Fsp3) is 0.0556. The van der Waals surface area contributed by atoms with Crippen molar-refractivity contribution in [3.8, 4) is 48.6 Å². The normalized spacial score (nSPS) is 14.2. The van der Waals surface area contributed by atoms with E-state index in [4.69, 9.17) is 36.8 Å². The summed E-state index contributed by atoms with van der Waals surface area (Å²) < 4.78 is 0. The van der Waals surface area contributed by atoms with Gasteiger partial charge >= 0.3 is 17.9 Å². The second kappa shape index (κ2) is 23.8. The number of rotatable bonds is 9. The third-order valence-corrected chi connectivity index (χ3v) is 12.8. The van der Waals surface area contributed by atoms with E-state index in [1.165, 1.54) is 37.2 Å². The van der Waals surface area contributed by atoms with Gasteiger partial charge in [-0.05, 0) is 0 Å². The summed E-state index contributed by atoms with van der Waals surface area (Å²) in [5.74, 6) is -5.69. The molecule has 3 N–H and O–H groups in total. The third-order valence-electron chi connectivity index (χ3n) is 12.8. The Hall–Kier alpha value is -17.2. The number of hydrogen-bond donors (Lipinski definition) is 3. The molecule has 3 aliphatic heterocycles. The van der Waals surface area contributed by atoms with Gasteiger partial charge in [0, 0.05) is 0 Å². The molecule has 11 aromatic rings. The molecule has 0 fully saturated rings. The molecule has 0 bridgehead atoms. The van der Waals surface area contributed by atoms with Crippen LogP contribution in [-0.2, 0) is 0 Å². The zero-order valence-electron chi connectivity index (χ0n) is 46.6. The Labute approximate surface area is 527 Å². The van der Waals surface area contributed by atoms with Gasteiger partial charge in [0.15, 0.2) is 86.0 Å². The summed E-state index contributed by atoms with van der Waals surface area (Å²) in [6, 6.07) is 13.9. The molecule has 96 heavy (non-hydrogen) atoms. The predicted octanol–water partition coefficient (Wildman–Crippen LogP) is -1.19. The first-order valence-electron chi connectivity index (χ1n) is 25.9. The van der Waals surface area contributed by atoms with Gasteiger partial charge in [-0.3, -0.25) is 4.85 Å². The van der Waals surface area contributed by atoms with Crippen LogP contribution in [-0.4, -0.2) is 120 Å². The number of aromatic nitrogens is 24. The van der Waals surface area contributed by atoms with Crippen molar-refractivity contribution in [3.63, 3.8) is 0 Å². The van der Waals surface area contributed by atoms with E-state index in [0.717, 1.165) is 0 Å². The fourth-order valence-corrected chi connectivity index (χ4v) is 8.65. The number of nitrogens with zero attached hydrogens (tertiary/aromatic N) is 39. The van der Waals surface area contributed by atoms with Crippen LogP contribution in [0.4, 0.5) is 11.9 Å². The van der Waals surface area contributed by atoms with Crippen molar-refractivity contribution in [1.82, 2.24) is 120 Å². The van der Waals surface area contributed by atoms with Crippen molar-refractivity contribution in [2.75, 3.05) is 0 Å². The number of imidazole rings is 3. The molecule has 3 atom stereocenters. The standard InChI is InChI=1S/C27H9N21.C27H3N21/c2*1-32-17(25-39-13-8-35-16(6-31)41-23(13)47-25)26-45-20(10(3-28)18-37-12-7-34-15(5-30)40-22(12)43-18)42-21(46-26)11(4-29)19-38-14-9-36-27(33-2)48-24(14)44-19/h7-11,17H,(H,34,37,40,43)(H,35,39,41,47)(H,36,38,44,48);7-9H/b;18-10-,19-11-,25-17+. The third kappa shape index (κ3) is 10.5. The van der Waals surface area contributed by atoms with E-state index in [-0.39, 0.29) is 171 Å². The first-order valence-corrected chi connectivity index (χ1v) is 25.9. The van der Waals surface area contributed by atoms with Gasteiger partial charge in [0.2, 0.25) is 46.1 Å². The molecule has 14 rings (SSSR count). The van der Waals surface area contributed by atoms with Crippen molar-refractivity contribution in [3.05, 3.63) is 209 Å². The van der Waals surface area contributed by atoms with Gasteiger partial charge in [-0.1, -0.05) is 0 Å². The molecule has 42 nitrogen and oxygen atoms in total. The van der Waals surface area contributed by atoms with Crippen LogP contribution in [0.3, 0.4) is 0 Å². The maximum atomic E-state index is 10.3. The maximum absolute atomic E-state index is 10.3. The monoisotopic (exact) mass is 1250 g/mol. The smallest absolute Gasteiger partial charge is 0.373 e. The lowest BCUT2D eigenvalue weighted by molar-refractivity contribution is 0.701. The van der Waals surface area contributed by atoms with Gasteiger partial charge in [0.1, 0.15) is 98.9 Å². The second-order valence-corrected chi connectivity index (χ2v) is 18.4. The summed E-state index contributed by atoms with van der Waals surface area (Å²) in [6.07, 6.45) is 7.78. The Morgan fingerprint density at radius 2 is 0.781 bits per heavy atom. The predicted molar refractivity (Wildman–Crippen MR) is 301 cm³/mol. The highest BCUT2D eigenvalue weighted by molar-refractivity contribution is 5.81. The van der Waals surface area contributed by atoms with Crippen LogP contribution in [0.2, 0.25) is 0 Å². The zero-order chi connectivity index (χ0) is 66.7. The molecule has 11 aromatic heterocycles. The number of aromatic amines is 3. The topological polar surface area (TPSA) is 600 Å². The molecule has 0 saturated carbocycles. The maximum Gasteiger partial charge on any atom is 0.373 e. The minimum absolute atomic E-state index is 0.0166. The summed E-state index contributed by atoms with van der Waals surface area (Å²) in [5, 5.41) is 78.3. The zero-order valence-corrected chi connectivity index (χ0v) is 46.6. The molecule has 14 heterocycles. The van der Waals surface area contributed by atoms with E-state index in [1.807, 2.05) is 24.3 Å². The van der Waals surface area contributed by atoms with E-state index >= 15 is 0 Å². The first kappa shape index (κ1) is 57.9. The Morgan fingerprint density at radius 1 is 0.385 bits per heavy atom. The number of H-pyrrole nitrogens is 3. The van der Waals surface area contributed by atoms with E-state index in [9.17, 15) is 31.6 Å². The van der Waals surface area contributed by atoms with E-state index in [0.29, 0.717) is 16.6 Å². The summed E-state index contributed by atoms with van der Waals surface area (Å²) in [4.78, 5) is 135. The Bertz CT molecular complexity index is 5800. The van der Waals surface area contributed by atoms with Crippen LogP contribution in [0.1, 0.15) is 93.6 Å². The highest BCUT2D eigenvalue weighted by atomic mass is 15.2. The van der Waals surface area contributed by atoms with Gasteiger partial charge in [-0.2, -0.15) is 82.0 Å². The second-order valence-electron chi connectivity index (χ2n) is 18.4. The van der Waals surface area contributed by atoms with Crippen LogP contribution < -0.4 is 32.5 Å². The van der Waals surface area contributed by atoms with E-state index < -0.39 is 17.9 Å². The molecule has 0 aliphatic carbocycles. The molecule has 0 aromatic carbocycles. The van der Waals surface area contributed by atoms with Crippen molar-refractivity contribution in [2.24, 2.45) is 30.0 Å². The molecule has 3 aliphatic rings. The Balaban J connectivity index is 0.000000174. The SMILES string of the molecule is [C-]#[N+]/C(=C1\N=c2cnc(C#N)nc2=N1)c1nc(/C(C#N)=C2/N=c3cnc(C#N)nc3=N2)nc(/C(C#N)=C2/N=c3cnc([N+]#[C-])nc3=N2)n1.[C-]#[N+]c1ncc2[nH]c(C(C#N)c3nc(C(C#N)c4nc5nc(C#N)ncc5[nH]4)nc(C([N+]#[C-])c4nc5nc(C#N)ncc5[nH]4)n3)nc2n1. The molecule has 42 heteroatoms. The van der Waals surface area contributed by atoms with E-state index in [1.54, 1.807) is 12.1 Å². The van der Waals surface area contributed by atoms with Crippen molar-refractivity contribution in [1.29, 1.82) is 42.1 Å². The number of hydrogen-bond acceptors (Lipinski definition) is 35.